The number of ether oxygens (including phenoxy) is 1. The van der Waals surface area contributed by atoms with Crippen molar-refractivity contribution >= 4 is 32.9 Å². The molecule has 2 unspecified atom stereocenters. The van der Waals surface area contributed by atoms with Crippen molar-refractivity contribution in [2.45, 2.75) is 32.0 Å². The van der Waals surface area contributed by atoms with Crippen LogP contribution in [-0.4, -0.2) is 63.5 Å². The van der Waals surface area contributed by atoms with Crippen LogP contribution in [0.1, 0.15) is 17.3 Å². The van der Waals surface area contributed by atoms with Crippen LogP contribution in [0, 0.1) is 6.92 Å². The fourth-order valence-corrected chi connectivity index (χ4v) is 5.39. The van der Waals surface area contributed by atoms with Gasteiger partial charge in [-0.25, -0.2) is 4.98 Å². The predicted molar refractivity (Wildman–Crippen MR) is 125 cm³/mol. The smallest absolute Gasteiger partial charge is 0.241 e. The first-order valence-corrected chi connectivity index (χ1v) is 12.3. The number of piperazine rings is 1. The number of nitrogens with zero attached hydrogens (tertiary/aromatic N) is 4. The van der Waals surface area contributed by atoms with E-state index in [1.807, 2.05) is 42.6 Å². The van der Waals surface area contributed by atoms with Gasteiger partial charge in [-0.2, -0.15) is 4.98 Å². The Morgan fingerprint density at radius 2 is 2.28 bits per heavy atom. The molecule has 4 aromatic rings. The van der Waals surface area contributed by atoms with Crippen LogP contribution in [-0.2, 0) is 6.54 Å². The van der Waals surface area contributed by atoms with E-state index in [1.54, 1.807) is 22.7 Å². The van der Waals surface area contributed by atoms with Gasteiger partial charge in [-0.3, -0.25) is 4.90 Å². The molecule has 5 rings (SSSR count). The molecule has 2 atom stereocenters. The van der Waals surface area contributed by atoms with Gasteiger partial charge in [0.15, 0.2) is 0 Å². The van der Waals surface area contributed by atoms with Gasteiger partial charge in [-0.05, 0) is 36.9 Å². The zero-order valence-electron chi connectivity index (χ0n) is 17.7. The standard InChI is InChI=1S/C22H25N5O3S2/c1-14-24-18-10-17(4-5-19(18)32-14)29-13-16(28)9-15-11-23-6-7-27(15)12-21-25-22(26-30-21)20-3-2-8-31-20/h2-5,8,10,15-16,23,28H,6-7,9,11-13H2,1H3. The van der Waals surface area contributed by atoms with E-state index in [1.165, 1.54) is 0 Å². The van der Waals surface area contributed by atoms with Crippen molar-refractivity contribution in [3.63, 3.8) is 0 Å². The van der Waals surface area contributed by atoms with Gasteiger partial charge in [0, 0.05) is 31.7 Å². The summed E-state index contributed by atoms with van der Waals surface area (Å²) in [6, 6.07) is 9.99. The minimum absolute atomic E-state index is 0.156. The average molecular weight is 472 g/mol. The molecule has 1 aromatic carbocycles. The van der Waals surface area contributed by atoms with Gasteiger partial charge in [0.2, 0.25) is 11.7 Å². The summed E-state index contributed by atoms with van der Waals surface area (Å²) in [4.78, 5) is 12.3. The van der Waals surface area contributed by atoms with E-state index in [4.69, 9.17) is 9.26 Å². The number of benzene rings is 1. The van der Waals surface area contributed by atoms with Crippen LogP contribution in [0.5, 0.6) is 5.75 Å². The molecule has 32 heavy (non-hydrogen) atoms. The highest BCUT2D eigenvalue weighted by Crippen LogP contribution is 2.26. The Morgan fingerprint density at radius 3 is 3.16 bits per heavy atom. The summed E-state index contributed by atoms with van der Waals surface area (Å²) in [5.41, 5.74) is 0.934. The largest absolute Gasteiger partial charge is 0.491 e. The van der Waals surface area contributed by atoms with E-state index in [2.05, 4.69) is 25.3 Å². The van der Waals surface area contributed by atoms with Crippen LogP contribution < -0.4 is 10.1 Å². The van der Waals surface area contributed by atoms with E-state index >= 15 is 0 Å². The Hall–Kier alpha value is -2.37. The van der Waals surface area contributed by atoms with E-state index in [0.717, 1.165) is 45.5 Å². The van der Waals surface area contributed by atoms with Gasteiger partial charge in [0.25, 0.3) is 0 Å². The number of fused-ring (bicyclic) bond motifs is 1. The summed E-state index contributed by atoms with van der Waals surface area (Å²) in [6.45, 7) is 5.35. The maximum Gasteiger partial charge on any atom is 0.241 e. The molecule has 168 valence electrons. The van der Waals surface area contributed by atoms with Gasteiger partial charge < -0.3 is 19.7 Å². The molecule has 1 saturated heterocycles. The third-order valence-electron chi connectivity index (χ3n) is 5.47. The summed E-state index contributed by atoms with van der Waals surface area (Å²) in [5.74, 6) is 1.95. The number of aliphatic hydroxyl groups is 1. The molecule has 0 aliphatic carbocycles. The first-order chi connectivity index (χ1) is 15.6. The molecule has 3 aromatic heterocycles. The van der Waals surface area contributed by atoms with E-state index in [0.29, 0.717) is 24.7 Å². The first kappa shape index (κ1) is 21.5. The lowest BCUT2D eigenvalue weighted by molar-refractivity contribution is 0.0487. The van der Waals surface area contributed by atoms with Gasteiger partial charge in [-0.15, -0.1) is 22.7 Å². The number of aliphatic hydroxyl groups excluding tert-OH is 1. The summed E-state index contributed by atoms with van der Waals surface area (Å²) in [5, 5.41) is 21.2. The lowest BCUT2D eigenvalue weighted by Gasteiger charge is -2.36. The maximum atomic E-state index is 10.7. The van der Waals surface area contributed by atoms with Crippen molar-refractivity contribution < 1.29 is 14.4 Å². The molecular formula is C22H25N5O3S2. The van der Waals surface area contributed by atoms with Crippen molar-refractivity contribution in [2.75, 3.05) is 26.2 Å². The highest BCUT2D eigenvalue weighted by molar-refractivity contribution is 7.18. The molecule has 1 aliphatic heterocycles. The number of thiophene rings is 1. The maximum absolute atomic E-state index is 10.7. The van der Waals surface area contributed by atoms with Crippen LogP contribution in [0.15, 0.2) is 40.2 Å². The molecule has 0 bridgehead atoms. The quantitative estimate of drug-likeness (QED) is 0.404. The minimum atomic E-state index is -0.584. The van der Waals surface area contributed by atoms with Gasteiger partial charge >= 0.3 is 0 Å². The van der Waals surface area contributed by atoms with Crippen molar-refractivity contribution in [1.82, 2.24) is 25.3 Å². The lowest BCUT2D eigenvalue weighted by Crippen LogP contribution is -2.52. The fourth-order valence-electron chi connectivity index (χ4n) is 3.93. The Morgan fingerprint density at radius 1 is 1.34 bits per heavy atom. The summed E-state index contributed by atoms with van der Waals surface area (Å²) in [6.07, 6.45) is 0.0105. The Labute approximate surface area is 193 Å². The number of nitrogens with one attached hydrogen (secondary N) is 1. The summed E-state index contributed by atoms with van der Waals surface area (Å²) < 4.78 is 12.5. The average Bonchev–Trinajstić information content (AvgIpc) is 3.53. The van der Waals surface area contributed by atoms with E-state index in [9.17, 15) is 5.11 Å². The molecule has 0 amide bonds. The van der Waals surface area contributed by atoms with Gasteiger partial charge in [0.1, 0.15) is 12.4 Å². The monoisotopic (exact) mass is 471 g/mol. The normalized spacial score (nSPS) is 18.2. The number of aromatic nitrogens is 3. The van der Waals surface area contributed by atoms with Crippen molar-refractivity contribution in [2.24, 2.45) is 0 Å². The van der Waals surface area contributed by atoms with Crippen molar-refractivity contribution in [3.8, 4) is 16.5 Å². The topological polar surface area (TPSA) is 96.5 Å². The molecule has 8 nitrogen and oxygen atoms in total. The summed E-state index contributed by atoms with van der Waals surface area (Å²) in [7, 11) is 0. The summed E-state index contributed by atoms with van der Waals surface area (Å²) >= 11 is 3.26. The SMILES string of the molecule is Cc1nc2cc(OCC(O)CC3CNCCN3Cc3nc(-c4cccs4)no3)ccc2s1. The minimum Gasteiger partial charge on any atom is -0.491 e. The number of hydrogen-bond acceptors (Lipinski definition) is 10. The second kappa shape index (κ2) is 9.63. The van der Waals surface area contributed by atoms with E-state index in [-0.39, 0.29) is 12.6 Å². The fraction of sp³-hybridized carbons (Fsp3) is 0.409. The second-order valence-electron chi connectivity index (χ2n) is 7.88. The molecule has 0 spiro atoms. The molecule has 0 radical (unpaired) electrons. The van der Waals surface area contributed by atoms with Crippen LogP contribution in [0.4, 0.5) is 0 Å². The van der Waals surface area contributed by atoms with Crippen molar-refractivity contribution in [1.29, 1.82) is 0 Å². The van der Waals surface area contributed by atoms with Crippen LogP contribution in [0.3, 0.4) is 0 Å². The van der Waals surface area contributed by atoms with Crippen LogP contribution in [0.2, 0.25) is 0 Å². The Kier molecular flexibility index (Phi) is 6.47. The second-order valence-corrected chi connectivity index (χ2v) is 10.1. The van der Waals surface area contributed by atoms with Gasteiger partial charge in [0.05, 0.1) is 32.8 Å². The molecule has 1 fully saturated rings. The molecule has 4 heterocycles. The third kappa shape index (κ3) is 5.00. The van der Waals surface area contributed by atoms with Gasteiger partial charge in [-0.1, -0.05) is 11.2 Å². The first-order valence-electron chi connectivity index (χ1n) is 10.6. The molecule has 10 heteroatoms. The highest BCUT2D eigenvalue weighted by Gasteiger charge is 2.27. The lowest BCUT2D eigenvalue weighted by atomic mass is 10.1. The molecule has 1 aliphatic rings. The predicted octanol–water partition coefficient (Wildman–Crippen LogP) is 3.32. The zero-order valence-corrected chi connectivity index (χ0v) is 19.4. The molecule has 2 N–H and O–H groups in total. The number of hydrogen-bond donors (Lipinski definition) is 2. The molecule has 0 saturated carbocycles. The zero-order chi connectivity index (χ0) is 21.9. The Bertz CT molecular complexity index is 1160. The third-order valence-corrected chi connectivity index (χ3v) is 7.29. The molecular weight excluding hydrogens is 446 g/mol. The van der Waals surface area contributed by atoms with Crippen LogP contribution >= 0.6 is 22.7 Å². The van der Waals surface area contributed by atoms with Crippen molar-refractivity contribution in [3.05, 3.63) is 46.6 Å². The van der Waals surface area contributed by atoms with Crippen LogP contribution in [0.25, 0.3) is 20.9 Å². The number of aryl methyl sites for hydroxylation is 1. The number of rotatable bonds is 8. The Balaban J connectivity index is 1.17. The van der Waals surface area contributed by atoms with E-state index < -0.39 is 6.10 Å². The number of thiazole rings is 1. The highest BCUT2D eigenvalue weighted by atomic mass is 32.1.